The molecule has 0 N–H and O–H groups in total. The number of unbranched alkanes of at least 4 members (excludes halogenated alkanes) is 2. The number of carbonyl (C=O) groups excluding carboxylic acids is 2. The van der Waals surface area contributed by atoms with Gasteiger partial charge in [0.05, 0.1) is 16.7 Å². The Labute approximate surface area is 228 Å². The van der Waals surface area contributed by atoms with Crippen LogP contribution in [0.1, 0.15) is 46.5 Å². The van der Waals surface area contributed by atoms with Crippen molar-refractivity contribution >= 4 is 45.9 Å². The van der Waals surface area contributed by atoms with Gasteiger partial charge >= 0.3 is 5.97 Å². The Kier molecular flexibility index (Phi) is 9.05. The average Bonchev–Trinajstić information content (AvgIpc) is 3.37. The first-order valence-corrected chi connectivity index (χ1v) is 13.9. The van der Waals surface area contributed by atoms with Crippen LogP contribution in [0.5, 0.6) is 5.75 Å². The molecule has 1 saturated heterocycles. The molecule has 8 heteroatoms. The molecule has 194 valence electrons. The molecule has 2 aliphatic heterocycles. The third kappa shape index (κ3) is 6.62. The van der Waals surface area contributed by atoms with E-state index in [-0.39, 0.29) is 18.0 Å². The minimum absolute atomic E-state index is 0.0870. The van der Waals surface area contributed by atoms with E-state index in [1.54, 1.807) is 11.0 Å². The molecule has 2 aromatic rings. The van der Waals surface area contributed by atoms with Gasteiger partial charge in [-0.2, -0.15) is 0 Å². The molecule has 0 saturated carbocycles. The summed E-state index contributed by atoms with van der Waals surface area (Å²) in [4.78, 5) is 29.0. The van der Waals surface area contributed by atoms with Crippen LogP contribution in [0.25, 0.3) is 11.1 Å². The summed E-state index contributed by atoms with van der Waals surface area (Å²) in [5.41, 5.74) is 3.28. The topological polar surface area (TPSA) is 59.1 Å². The van der Waals surface area contributed by atoms with Crippen molar-refractivity contribution in [1.82, 2.24) is 4.90 Å². The number of ether oxygens (including phenoxy) is 2. The van der Waals surface area contributed by atoms with Gasteiger partial charge in [-0.25, -0.2) is 0 Å². The summed E-state index contributed by atoms with van der Waals surface area (Å²) >= 11 is 6.77. The number of rotatable bonds is 10. The third-order valence-corrected chi connectivity index (χ3v) is 7.43. The Balaban J connectivity index is 1.37. The molecule has 2 aromatic carbocycles. The number of amides is 1. The lowest BCUT2D eigenvalue weighted by molar-refractivity contribution is -0.147. The molecule has 2 heterocycles. The van der Waals surface area contributed by atoms with Crippen molar-refractivity contribution < 1.29 is 19.1 Å². The second-order valence-electron chi connectivity index (χ2n) is 9.10. The van der Waals surface area contributed by atoms with Gasteiger partial charge in [0.25, 0.3) is 5.91 Å². The van der Waals surface area contributed by atoms with Crippen LogP contribution in [-0.2, 0) is 14.3 Å². The molecule has 0 spiro atoms. The van der Waals surface area contributed by atoms with E-state index in [9.17, 15) is 9.59 Å². The number of fused-ring (bicyclic) bond motifs is 1. The number of allylic oxidation sites excluding steroid dienone is 2. The first kappa shape index (κ1) is 26.9. The van der Waals surface area contributed by atoms with Crippen LogP contribution in [0.3, 0.4) is 0 Å². The van der Waals surface area contributed by atoms with Gasteiger partial charge in [0.15, 0.2) is 5.75 Å². The maximum absolute atomic E-state index is 13.0. The predicted molar refractivity (Wildman–Crippen MR) is 153 cm³/mol. The summed E-state index contributed by atoms with van der Waals surface area (Å²) in [6.07, 6.45) is 6.29. The quantitative estimate of drug-likeness (QED) is 0.145. The number of anilines is 1. The van der Waals surface area contributed by atoms with Crippen LogP contribution in [0.2, 0.25) is 0 Å². The van der Waals surface area contributed by atoms with Crippen LogP contribution in [-0.4, -0.2) is 40.3 Å². The number of esters is 1. The van der Waals surface area contributed by atoms with Gasteiger partial charge in [-0.05, 0) is 62.9 Å². The normalized spacial score (nSPS) is 17.2. The largest absolute Gasteiger partial charge is 0.463 e. The van der Waals surface area contributed by atoms with Crippen LogP contribution < -0.4 is 9.64 Å². The lowest BCUT2D eigenvalue weighted by atomic mass is 10.0. The molecule has 4 rings (SSSR count). The second kappa shape index (κ2) is 12.4. The monoisotopic (exact) mass is 536 g/mol. The summed E-state index contributed by atoms with van der Waals surface area (Å²) in [6, 6.07) is 16.4. The fourth-order valence-corrected chi connectivity index (χ4v) is 5.50. The molecule has 0 unspecified atom stereocenters. The minimum Gasteiger partial charge on any atom is -0.463 e. The van der Waals surface area contributed by atoms with Crippen LogP contribution in [0.15, 0.2) is 71.5 Å². The van der Waals surface area contributed by atoms with Gasteiger partial charge in [-0.1, -0.05) is 66.8 Å². The van der Waals surface area contributed by atoms with Crippen molar-refractivity contribution in [2.75, 3.05) is 18.0 Å². The minimum atomic E-state index is -0.176. The van der Waals surface area contributed by atoms with E-state index in [1.165, 1.54) is 11.8 Å². The highest BCUT2D eigenvalue weighted by Gasteiger charge is 2.32. The Morgan fingerprint density at radius 2 is 1.84 bits per heavy atom. The lowest BCUT2D eigenvalue weighted by Gasteiger charge is -2.16. The molecular formula is C29H32N2O4S2. The van der Waals surface area contributed by atoms with E-state index in [2.05, 4.69) is 36.1 Å². The van der Waals surface area contributed by atoms with Crippen molar-refractivity contribution in [2.45, 2.75) is 52.6 Å². The van der Waals surface area contributed by atoms with Gasteiger partial charge < -0.3 is 14.4 Å². The summed E-state index contributed by atoms with van der Waals surface area (Å²) < 4.78 is 11.8. The van der Waals surface area contributed by atoms with E-state index in [4.69, 9.17) is 21.7 Å². The van der Waals surface area contributed by atoms with Gasteiger partial charge in [0.2, 0.25) is 5.88 Å². The number of thioether (sulfide) groups is 1. The van der Waals surface area contributed by atoms with Crippen molar-refractivity contribution in [2.24, 2.45) is 0 Å². The smallest absolute Gasteiger partial charge is 0.306 e. The predicted octanol–water partition coefficient (Wildman–Crippen LogP) is 6.67. The summed E-state index contributed by atoms with van der Waals surface area (Å²) in [5, 5.41) is 0. The van der Waals surface area contributed by atoms with Crippen molar-refractivity contribution in [3.63, 3.8) is 0 Å². The molecule has 0 aromatic heterocycles. The molecule has 37 heavy (non-hydrogen) atoms. The Hall–Kier alpha value is -3.10. The van der Waals surface area contributed by atoms with E-state index in [1.807, 2.05) is 44.2 Å². The van der Waals surface area contributed by atoms with Gasteiger partial charge in [-0.15, -0.1) is 0 Å². The van der Waals surface area contributed by atoms with Crippen LogP contribution in [0.4, 0.5) is 5.69 Å². The standard InChI is InChI=1S/C29H32N2O4S2/c1-4-30-23-19-22(21-11-7-5-8-12-21)14-15-24(23)35-26(30)17-16-25-28(33)31(29(36)37-25)18-10-6-9-13-27(32)34-20(2)3/h5,7-8,11-12,14-17,19-20H,4,6,9-10,13,18H2,1-3H3/b25-16+,26-17-. The number of hydrogen-bond acceptors (Lipinski definition) is 7. The number of carbonyl (C=O) groups is 2. The average molecular weight is 537 g/mol. The number of nitrogens with zero attached hydrogens (tertiary/aromatic N) is 2. The molecule has 0 atom stereocenters. The summed E-state index contributed by atoms with van der Waals surface area (Å²) in [7, 11) is 0. The van der Waals surface area contributed by atoms with Gasteiger partial charge in [-0.3, -0.25) is 14.5 Å². The molecule has 1 amide bonds. The van der Waals surface area contributed by atoms with Crippen molar-refractivity contribution in [1.29, 1.82) is 0 Å². The van der Waals surface area contributed by atoms with Crippen molar-refractivity contribution in [3.8, 4) is 16.9 Å². The molecule has 2 aliphatic rings. The number of hydrogen-bond donors (Lipinski definition) is 0. The number of benzene rings is 2. The Morgan fingerprint density at radius 3 is 2.57 bits per heavy atom. The molecule has 1 fully saturated rings. The SMILES string of the molecule is CCN1/C(=C/C=C2/SC(=S)N(CCCCCC(=O)OC(C)C)C2=O)Oc2ccc(-c3ccccc3)cc21. The zero-order valence-corrected chi connectivity index (χ0v) is 23.1. The highest BCUT2D eigenvalue weighted by Crippen LogP contribution is 2.41. The zero-order valence-electron chi connectivity index (χ0n) is 21.4. The van der Waals surface area contributed by atoms with Gasteiger partial charge in [0, 0.05) is 25.6 Å². The first-order valence-electron chi connectivity index (χ1n) is 12.7. The maximum atomic E-state index is 13.0. The van der Waals surface area contributed by atoms with E-state index in [0.29, 0.717) is 28.1 Å². The van der Waals surface area contributed by atoms with Crippen LogP contribution >= 0.6 is 24.0 Å². The first-order chi connectivity index (χ1) is 17.9. The summed E-state index contributed by atoms with van der Waals surface area (Å²) in [5.74, 6) is 1.22. The molecule has 0 bridgehead atoms. The van der Waals surface area contributed by atoms with E-state index in [0.717, 1.165) is 48.4 Å². The second-order valence-corrected chi connectivity index (χ2v) is 10.8. The van der Waals surface area contributed by atoms with Crippen LogP contribution in [0, 0.1) is 0 Å². The summed E-state index contributed by atoms with van der Waals surface area (Å²) in [6.45, 7) is 7.04. The molecular weight excluding hydrogens is 504 g/mol. The Bertz CT molecular complexity index is 1220. The maximum Gasteiger partial charge on any atom is 0.306 e. The lowest BCUT2D eigenvalue weighted by Crippen LogP contribution is -2.29. The number of thiocarbonyl (C=S) groups is 1. The van der Waals surface area contributed by atoms with Crippen molar-refractivity contribution in [3.05, 3.63) is 71.5 Å². The zero-order chi connectivity index (χ0) is 26.4. The molecule has 6 nitrogen and oxygen atoms in total. The molecule has 0 aliphatic carbocycles. The Morgan fingerprint density at radius 1 is 1.05 bits per heavy atom. The fourth-order valence-electron chi connectivity index (χ4n) is 4.25. The molecule has 0 radical (unpaired) electrons. The highest BCUT2D eigenvalue weighted by atomic mass is 32.2. The highest BCUT2D eigenvalue weighted by molar-refractivity contribution is 8.26. The van der Waals surface area contributed by atoms with E-state index >= 15 is 0 Å². The van der Waals surface area contributed by atoms with E-state index < -0.39 is 0 Å². The fraction of sp³-hybridized carbons (Fsp3) is 0.345. The third-order valence-electron chi connectivity index (χ3n) is 6.03. The van der Waals surface area contributed by atoms with Gasteiger partial charge in [0.1, 0.15) is 4.32 Å².